The van der Waals surface area contributed by atoms with Crippen molar-refractivity contribution in [2.45, 2.75) is 69.9 Å². The van der Waals surface area contributed by atoms with Crippen molar-refractivity contribution in [2.24, 2.45) is 5.92 Å². The van der Waals surface area contributed by atoms with Crippen molar-refractivity contribution >= 4 is 0 Å². The Bertz CT molecular complexity index is 411. The number of aryl methyl sites for hydroxylation is 1. The molecule has 1 aliphatic heterocycles. The molecule has 1 aliphatic carbocycles. The smallest absolute Gasteiger partial charge is 0.103 e. The van der Waals surface area contributed by atoms with Crippen molar-refractivity contribution < 1.29 is 9.15 Å². The van der Waals surface area contributed by atoms with Crippen molar-refractivity contribution in [1.82, 2.24) is 5.32 Å². The van der Waals surface area contributed by atoms with E-state index in [9.17, 15) is 0 Å². The average Bonchev–Trinajstić information content (AvgIpc) is 2.99. The molecule has 0 bridgehead atoms. The van der Waals surface area contributed by atoms with Crippen LogP contribution in [0.1, 0.15) is 57.6 Å². The Morgan fingerprint density at radius 2 is 2.33 bits per heavy atom. The first kappa shape index (κ1) is 15.1. The number of ether oxygens (including phenoxy) is 1. The summed E-state index contributed by atoms with van der Waals surface area (Å²) in [4.78, 5) is 0. The van der Waals surface area contributed by atoms with Crippen LogP contribution in [-0.4, -0.2) is 24.8 Å². The first-order valence-electron chi connectivity index (χ1n) is 8.71. The lowest BCUT2D eigenvalue weighted by Crippen LogP contribution is -2.50. The van der Waals surface area contributed by atoms with Crippen LogP contribution in [-0.2, 0) is 11.2 Å². The summed E-state index contributed by atoms with van der Waals surface area (Å²) in [6.45, 7) is 4.32. The predicted molar refractivity (Wildman–Crippen MR) is 84.4 cm³/mol. The normalized spacial score (nSPS) is 25.7. The summed E-state index contributed by atoms with van der Waals surface area (Å²) in [5.74, 6) is 1.88. The van der Waals surface area contributed by atoms with Crippen molar-refractivity contribution in [3.8, 4) is 0 Å². The van der Waals surface area contributed by atoms with Gasteiger partial charge in [-0.3, -0.25) is 0 Å². The Kier molecular flexibility index (Phi) is 5.02. The minimum absolute atomic E-state index is 0.250. The fraction of sp³-hybridized carbons (Fsp3) is 0.778. The van der Waals surface area contributed by atoms with Gasteiger partial charge >= 0.3 is 0 Å². The number of rotatable bonds is 7. The lowest BCUT2D eigenvalue weighted by atomic mass is 9.70. The summed E-state index contributed by atoms with van der Waals surface area (Å²) in [5.41, 5.74) is 0.250. The molecular formula is C18H29NO2. The molecule has 1 aromatic heterocycles. The summed E-state index contributed by atoms with van der Waals surface area (Å²) >= 11 is 0. The van der Waals surface area contributed by atoms with Crippen molar-refractivity contribution in [2.75, 3.05) is 13.2 Å². The molecule has 118 valence electrons. The minimum Gasteiger partial charge on any atom is -0.469 e. The van der Waals surface area contributed by atoms with Gasteiger partial charge in [0.05, 0.1) is 11.9 Å². The number of hydrogen-bond donors (Lipinski definition) is 1. The standard InChI is InChI=1S/C18H29NO2/c1-2-11-19-17(7-6-16-5-3-12-20-16)15-8-13-21-18(14-15)9-4-10-18/h3,5,12,15,17,19H,2,4,6-11,13-14H2,1H3. The first-order valence-corrected chi connectivity index (χ1v) is 8.71. The Balaban J connectivity index is 1.57. The van der Waals surface area contributed by atoms with E-state index < -0.39 is 0 Å². The van der Waals surface area contributed by atoms with Gasteiger partial charge in [-0.05, 0) is 69.5 Å². The van der Waals surface area contributed by atoms with Gasteiger partial charge in [0.1, 0.15) is 5.76 Å². The van der Waals surface area contributed by atoms with Crippen molar-refractivity contribution in [3.05, 3.63) is 24.2 Å². The highest BCUT2D eigenvalue weighted by Crippen LogP contribution is 2.45. The van der Waals surface area contributed by atoms with Crippen LogP contribution in [0.15, 0.2) is 22.8 Å². The molecule has 3 nitrogen and oxygen atoms in total. The fourth-order valence-corrected chi connectivity index (χ4v) is 3.92. The largest absolute Gasteiger partial charge is 0.469 e. The summed E-state index contributed by atoms with van der Waals surface area (Å²) in [6.07, 6.45) is 11.6. The Morgan fingerprint density at radius 3 is 3.00 bits per heavy atom. The molecule has 3 rings (SSSR count). The third-order valence-electron chi connectivity index (χ3n) is 5.30. The Morgan fingerprint density at radius 1 is 1.43 bits per heavy atom. The highest BCUT2D eigenvalue weighted by atomic mass is 16.5. The van der Waals surface area contributed by atoms with Crippen LogP contribution in [0.25, 0.3) is 0 Å². The SMILES string of the molecule is CCCNC(CCc1ccco1)C1CCOC2(CCC2)C1. The number of nitrogens with one attached hydrogen (secondary N) is 1. The molecule has 1 N–H and O–H groups in total. The van der Waals surface area contributed by atoms with E-state index in [2.05, 4.69) is 18.3 Å². The molecule has 1 saturated heterocycles. The van der Waals surface area contributed by atoms with Gasteiger partial charge in [-0.2, -0.15) is 0 Å². The van der Waals surface area contributed by atoms with Gasteiger partial charge in [0.2, 0.25) is 0 Å². The van der Waals surface area contributed by atoms with Gasteiger partial charge in [-0.25, -0.2) is 0 Å². The predicted octanol–water partition coefficient (Wildman–Crippen LogP) is 3.93. The maximum Gasteiger partial charge on any atom is 0.103 e. The third-order valence-corrected chi connectivity index (χ3v) is 5.30. The first-order chi connectivity index (χ1) is 10.3. The second-order valence-electron chi connectivity index (χ2n) is 6.82. The van der Waals surface area contributed by atoms with Gasteiger partial charge in [0, 0.05) is 19.1 Å². The highest BCUT2D eigenvalue weighted by molar-refractivity contribution is 5.00. The van der Waals surface area contributed by atoms with Gasteiger partial charge in [-0.15, -0.1) is 0 Å². The van der Waals surface area contributed by atoms with E-state index in [0.717, 1.165) is 31.3 Å². The number of hydrogen-bond acceptors (Lipinski definition) is 3. The molecule has 0 amide bonds. The van der Waals surface area contributed by atoms with E-state index in [1.54, 1.807) is 6.26 Å². The second kappa shape index (κ2) is 6.97. The minimum atomic E-state index is 0.250. The zero-order valence-corrected chi connectivity index (χ0v) is 13.3. The fourth-order valence-electron chi connectivity index (χ4n) is 3.92. The third kappa shape index (κ3) is 3.70. The molecule has 1 spiro atoms. The van der Waals surface area contributed by atoms with E-state index in [1.165, 1.54) is 44.9 Å². The monoisotopic (exact) mass is 291 g/mol. The Labute approximate surface area is 128 Å². The van der Waals surface area contributed by atoms with Gasteiger partial charge in [0.15, 0.2) is 0 Å². The molecule has 2 fully saturated rings. The summed E-state index contributed by atoms with van der Waals surface area (Å²) in [6, 6.07) is 4.69. The maximum atomic E-state index is 6.09. The second-order valence-corrected chi connectivity index (χ2v) is 6.82. The van der Waals surface area contributed by atoms with Crippen LogP contribution in [0, 0.1) is 5.92 Å². The topological polar surface area (TPSA) is 34.4 Å². The van der Waals surface area contributed by atoms with Crippen LogP contribution in [0.3, 0.4) is 0 Å². The van der Waals surface area contributed by atoms with Crippen molar-refractivity contribution in [1.29, 1.82) is 0 Å². The zero-order chi connectivity index (χ0) is 14.5. The summed E-state index contributed by atoms with van der Waals surface area (Å²) < 4.78 is 11.6. The van der Waals surface area contributed by atoms with Crippen LogP contribution in [0.2, 0.25) is 0 Å². The molecular weight excluding hydrogens is 262 g/mol. The molecule has 1 aromatic rings. The quantitative estimate of drug-likeness (QED) is 0.826. The van der Waals surface area contributed by atoms with Crippen LogP contribution in [0.5, 0.6) is 0 Å². The van der Waals surface area contributed by atoms with Gasteiger partial charge in [-0.1, -0.05) is 6.92 Å². The van der Waals surface area contributed by atoms with E-state index in [-0.39, 0.29) is 5.60 Å². The molecule has 2 aliphatic rings. The van der Waals surface area contributed by atoms with Crippen LogP contribution >= 0.6 is 0 Å². The zero-order valence-electron chi connectivity index (χ0n) is 13.3. The molecule has 2 heterocycles. The van der Waals surface area contributed by atoms with Crippen molar-refractivity contribution in [3.63, 3.8) is 0 Å². The summed E-state index contributed by atoms with van der Waals surface area (Å²) in [7, 11) is 0. The van der Waals surface area contributed by atoms with E-state index >= 15 is 0 Å². The molecule has 0 aromatic carbocycles. The van der Waals surface area contributed by atoms with Crippen LogP contribution < -0.4 is 5.32 Å². The summed E-state index contributed by atoms with van der Waals surface area (Å²) in [5, 5.41) is 3.79. The molecule has 2 atom stereocenters. The lowest BCUT2D eigenvalue weighted by Gasteiger charge is -2.49. The van der Waals surface area contributed by atoms with E-state index in [1.807, 2.05) is 6.07 Å². The number of furan rings is 1. The lowest BCUT2D eigenvalue weighted by molar-refractivity contribution is -0.147. The molecule has 21 heavy (non-hydrogen) atoms. The van der Waals surface area contributed by atoms with Gasteiger partial charge < -0.3 is 14.5 Å². The van der Waals surface area contributed by atoms with E-state index in [0.29, 0.717) is 6.04 Å². The van der Waals surface area contributed by atoms with E-state index in [4.69, 9.17) is 9.15 Å². The van der Waals surface area contributed by atoms with Crippen LogP contribution in [0.4, 0.5) is 0 Å². The molecule has 2 unspecified atom stereocenters. The Hall–Kier alpha value is -0.800. The average molecular weight is 291 g/mol. The van der Waals surface area contributed by atoms with Gasteiger partial charge in [0.25, 0.3) is 0 Å². The molecule has 3 heteroatoms. The highest BCUT2D eigenvalue weighted by Gasteiger charge is 2.44. The molecule has 1 saturated carbocycles. The maximum absolute atomic E-state index is 6.09. The molecule has 0 radical (unpaired) electrons.